The lowest BCUT2D eigenvalue weighted by Crippen LogP contribution is -2.18. The molecule has 0 saturated heterocycles. The van der Waals surface area contributed by atoms with Gasteiger partial charge in [0.15, 0.2) is 11.5 Å². The molecule has 0 amide bonds. The zero-order valence-electron chi connectivity index (χ0n) is 8.51. The summed E-state index contributed by atoms with van der Waals surface area (Å²) in [5.74, 6) is -0.603. The Hall–Kier alpha value is -1.24. The molecule has 1 rings (SSSR count). The minimum absolute atomic E-state index is 0.103. The molecule has 1 aromatic rings. The van der Waals surface area contributed by atoms with Gasteiger partial charge < -0.3 is 9.47 Å². The summed E-state index contributed by atoms with van der Waals surface area (Å²) in [6.07, 6.45) is -4.92. The summed E-state index contributed by atoms with van der Waals surface area (Å²) in [6.45, 7) is 0. The van der Waals surface area contributed by atoms with Gasteiger partial charge in [0.25, 0.3) is 0 Å². The first-order valence-corrected chi connectivity index (χ1v) is 5.31. The smallest absolute Gasteiger partial charge is 0.490 e. The number of ether oxygens (including phenoxy) is 2. The third-order valence-electron chi connectivity index (χ3n) is 1.64. The van der Waals surface area contributed by atoms with Crippen LogP contribution in [-0.2, 0) is 6.42 Å². The first-order chi connectivity index (χ1) is 7.87. The molecule has 0 fully saturated rings. The third kappa shape index (κ3) is 3.92. The molecule has 0 aliphatic rings. The number of rotatable bonds is 3. The van der Waals surface area contributed by atoms with Crippen LogP contribution in [0.3, 0.4) is 0 Å². The number of methoxy groups -OCH3 is 1. The molecule has 0 saturated carbocycles. The van der Waals surface area contributed by atoms with Gasteiger partial charge in [0.05, 0.1) is 25.3 Å². The van der Waals surface area contributed by atoms with Crippen molar-refractivity contribution in [3.63, 3.8) is 0 Å². The third-order valence-corrected chi connectivity index (χ3v) is 2.37. The van der Waals surface area contributed by atoms with Gasteiger partial charge in [-0.1, -0.05) is 0 Å². The molecular weight excluding hydrogens is 352 g/mol. The van der Waals surface area contributed by atoms with Crippen molar-refractivity contribution in [1.82, 2.24) is 4.98 Å². The molecule has 0 bridgehead atoms. The zero-order valence-corrected chi connectivity index (χ0v) is 10.7. The molecule has 0 aromatic carbocycles. The molecule has 0 unspecified atom stereocenters. The van der Waals surface area contributed by atoms with Gasteiger partial charge in [0.2, 0.25) is 0 Å². The Labute approximate surface area is 108 Å². The zero-order chi connectivity index (χ0) is 13.1. The Kier molecular flexibility index (Phi) is 4.39. The number of nitriles is 1. The molecule has 0 aliphatic carbocycles. The predicted molar refractivity (Wildman–Crippen MR) is 59.5 cm³/mol. The minimum Gasteiger partial charge on any atom is -0.490 e. The van der Waals surface area contributed by atoms with Gasteiger partial charge >= 0.3 is 6.36 Å². The summed E-state index contributed by atoms with van der Waals surface area (Å²) < 4.78 is 45.2. The van der Waals surface area contributed by atoms with Crippen molar-refractivity contribution in [2.24, 2.45) is 0 Å². The topological polar surface area (TPSA) is 55.1 Å². The number of aromatic nitrogens is 1. The number of hydrogen-bond acceptors (Lipinski definition) is 4. The molecule has 0 aliphatic heterocycles. The average molecular weight is 358 g/mol. The second-order valence-corrected chi connectivity index (χ2v) is 3.84. The molecule has 8 heteroatoms. The van der Waals surface area contributed by atoms with E-state index in [1.807, 2.05) is 0 Å². The van der Waals surface area contributed by atoms with Crippen LogP contribution < -0.4 is 9.47 Å². The number of hydrogen-bond donors (Lipinski definition) is 0. The number of pyridine rings is 1. The van der Waals surface area contributed by atoms with Crippen molar-refractivity contribution in [2.45, 2.75) is 12.8 Å². The van der Waals surface area contributed by atoms with Crippen molar-refractivity contribution >= 4 is 22.6 Å². The lowest BCUT2D eigenvalue weighted by molar-refractivity contribution is -0.275. The molecule has 0 radical (unpaired) electrons. The van der Waals surface area contributed by atoms with Gasteiger partial charge in [-0.2, -0.15) is 5.26 Å². The standard InChI is InChI=1S/C9H6F3IN2O2/c1-16-7-6(17-9(10,11)12)4-5(2-3-14)15-8(7)13/h4H,2H2,1H3. The lowest BCUT2D eigenvalue weighted by Gasteiger charge is -2.14. The van der Waals surface area contributed by atoms with Crippen LogP contribution in [0.2, 0.25) is 0 Å². The highest BCUT2D eigenvalue weighted by atomic mass is 127. The Morgan fingerprint density at radius 2 is 2.18 bits per heavy atom. The highest BCUT2D eigenvalue weighted by molar-refractivity contribution is 14.1. The summed E-state index contributed by atoms with van der Waals surface area (Å²) in [4.78, 5) is 3.92. The van der Waals surface area contributed by atoms with E-state index in [1.165, 1.54) is 7.11 Å². The van der Waals surface area contributed by atoms with Crippen LogP contribution in [0.15, 0.2) is 6.07 Å². The Balaban J connectivity index is 3.20. The fourth-order valence-corrected chi connectivity index (χ4v) is 1.88. The van der Waals surface area contributed by atoms with E-state index in [0.717, 1.165) is 6.07 Å². The van der Waals surface area contributed by atoms with E-state index in [4.69, 9.17) is 10.00 Å². The van der Waals surface area contributed by atoms with Crippen molar-refractivity contribution in [3.05, 3.63) is 15.5 Å². The predicted octanol–water partition coefficient (Wildman–Crippen LogP) is 2.66. The number of nitrogens with zero attached hydrogens (tertiary/aromatic N) is 2. The Morgan fingerprint density at radius 1 is 1.53 bits per heavy atom. The summed E-state index contributed by atoms with van der Waals surface area (Å²) in [7, 11) is 1.21. The van der Waals surface area contributed by atoms with E-state index in [-0.39, 0.29) is 21.6 Å². The summed E-state index contributed by atoms with van der Waals surface area (Å²) in [5.41, 5.74) is 0.192. The van der Waals surface area contributed by atoms with Crippen LogP contribution in [-0.4, -0.2) is 18.5 Å². The van der Waals surface area contributed by atoms with E-state index in [0.29, 0.717) is 0 Å². The Morgan fingerprint density at radius 3 is 2.65 bits per heavy atom. The van der Waals surface area contributed by atoms with Crippen LogP contribution in [0.5, 0.6) is 11.5 Å². The van der Waals surface area contributed by atoms with Gasteiger partial charge in [-0.05, 0) is 22.6 Å². The van der Waals surface area contributed by atoms with E-state index in [1.54, 1.807) is 28.7 Å². The second-order valence-electron chi connectivity index (χ2n) is 2.82. The Bertz CT molecular complexity index is 457. The normalized spacial score (nSPS) is 10.8. The van der Waals surface area contributed by atoms with Crippen LogP contribution >= 0.6 is 22.6 Å². The first kappa shape index (κ1) is 13.8. The SMILES string of the molecule is COc1c(OC(F)(F)F)cc(CC#N)nc1I. The molecule has 1 aromatic heterocycles. The highest BCUT2D eigenvalue weighted by Crippen LogP contribution is 2.35. The molecule has 0 atom stereocenters. The minimum atomic E-state index is -4.82. The number of alkyl halides is 3. The second kappa shape index (κ2) is 5.39. The fraction of sp³-hybridized carbons (Fsp3) is 0.333. The molecule has 1 heterocycles. The summed E-state index contributed by atoms with van der Waals surface area (Å²) >= 11 is 1.71. The molecule has 0 spiro atoms. The number of halogens is 4. The van der Waals surface area contributed by atoms with Gasteiger partial charge in [-0.25, -0.2) is 4.98 Å². The highest BCUT2D eigenvalue weighted by Gasteiger charge is 2.33. The van der Waals surface area contributed by atoms with Gasteiger partial charge in [0, 0.05) is 6.07 Å². The lowest BCUT2D eigenvalue weighted by atomic mass is 10.2. The first-order valence-electron chi connectivity index (χ1n) is 4.23. The maximum Gasteiger partial charge on any atom is 0.573 e. The fourth-order valence-electron chi connectivity index (χ4n) is 1.08. The van der Waals surface area contributed by atoms with Gasteiger partial charge in [-0.3, -0.25) is 0 Å². The van der Waals surface area contributed by atoms with Crippen LogP contribution in [0.25, 0.3) is 0 Å². The molecule has 4 nitrogen and oxygen atoms in total. The molecule has 92 valence electrons. The van der Waals surface area contributed by atoms with Crippen LogP contribution in [0, 0.1) is 15.0 Å². The van der Waals surface area contributed by atoms with Gasteiger partial charge in [-0.15, -0.1) is 13.2 Å². The van der Waals surface area contributed by atoms with Crippen molar-refractivity contribution in [2.75, 3.05) is 7.11 Å². The van der Waals surface area contributed by atoms with E-state index >= 15 is 0 Å². The maximum atomic E-state index is 12.1. The molecular formula is C9H6F3IN2O2. The van der Waals surface area contributed by atoms with Crippen molar-refractivity contribution < 1.29 is 22.6 Å². The largest absolute Gasteiger partial charge is 0.573 e. The summed E-state index contributed by atoms with van der Waals surface area (Å²) in [5, 5.41) is 8.47. The monoisotopic (exact) mass is 358 g/mol. The van der Waals surface area contributed by atoms with E-state index in [2.05, 4.69) is 9.72 Å². The van der Waals surface area contributed by atoms with Crippen LogP contribution in [0.4, 0.5) is 13.2 Å². The maximum absolute atomic E-state index is 12.1. The quantitative estimate of drug-likeness (QED) is 0.616. The average Bonchev–Trinajstić information content (AvgIpc) is 2.15. The molecule has 17 heavy (non-hydrogen) atoms. The van der Waals surface area contributed by atoms with Crippen molar-refractivity contribution in [3.8, 4) is 17.6 Å². The van der Waals surface area contributed by atoms with Crippen molar-refractivity contribution in [1.29, 1.82) is 5.26 Å². The van der Waals surface area contributed by atoms with E-state index in [9.17, 15) is 13.2 Å². The van der Waals surface area contributed by atoms with E-state index < -0.39 is 12.1 Å². The van der Waals surface area contributed by atoms with Crippen LogP contribution in [0.1, 0.15) is 5.69 Å². The molecule has 0 N–H and O–H groups in total. The summed E-state index contributed by atoms with van der Waals surface area (Å²) in [6, 6.07) is 2.83. The van der Waals surface area contributed by atoms with Gasteiger partial charge in [0.1, 0.15) is 3.70 Å².